The summed E-state index contributed by atoms with van der Waals surface area (Å²) < 4.78 is 11.5. The summed E-state index contributed by atoms with van der Waals surface area (Å²) >= 11 is 0. The molecule has 0 radical (unpaired) electrons. The maximum Gasteiger partial charge on any atom is 0.165 e. The molecule has 4 heteroatoms. The number of aliphatic hydroxyl groups is 1. The van der Waals surface area contributed by atoms with E-state index in [-0.39, 0.29) is 6.61 Å². The molecule has 4 nitrogen and oxygen atoms in total. The highest BCUT2D eigenvalue weighted by Gasteiger charge is 2.16. The summed E-state index contributed by atoms with van der Waals surface area (Å²) in [5.41, 5.74) is 1.09. The van der Waals surface area contributed by atoms with Crippen molar-refractivity contribution in [3.8, 4) is 11.5 Å². The molecular weight excluding hydrogens is 242 g/mol. The first-order valence-corrected chi connectivity index (χ1v) is 6.66. The van der Waals surface area contributed by atoms with Gasteiger partial charge in [0, 0.05) is 31.6 Å². The van der Waals surface area contributed by atoms with Gasteiger partial charge >= 0.3 is 0 Å². The molecule has 19 heavy (non-hydrogen) atoms. The molecular formula is C15H21NO3. The van der Waals surface area contributed by atoms with E-state index in [2.05, 4.69) is 11.5 Å². The van der Waals surface area contributed by atoms with Crippen LogP contribution in [0, 0.1) is 0 Å². The number of rotatable bonds is 6. The Balaban J connectivity index is 2.16. The zero-order valence-corrected chi connectivity index (χ0v) is 11.2. The van der Waals surface area contributed by atoms with Crippen LogP contribution in [0.1, 0.15) is 12.0 Å². The molecule has 0 spiro atoms. The number of ether oxygens (including phenoxy) is 2. The van der Waals surface area contributed by atoms with Gasteiger partial charge in [0.25, 0.3) is 0 Å². The highest BCUT2D eigenvalue weighted by Crippen LogP contribution is 2.33. The molecule has 1 N–H and O–H groups in total. The van der Waals surface area contributed by atoms with Crippen LogP contribution in [-0.4, -0.2) is 42.9 Å². The van der Waals surface area contributed by atoms with Crippen LogP contribution in [0.15, 0.2) is 30.9 Å². The van der Waals surface area contributed by atoms with Crippen molar-refractivity contribution in [3.05, 3.63) is 36.4 Å². The number of hydrogen-bond acceptors (Lipinski definition) is 4. The average Bonchev–Trinajstić information content (AvgIpc) is 2.65. The molecule has 1 aromatic rings. The van der Waals surface area contributed by atoms with Gasteiger partial charge in [-0.05, 0) is 6.07 Å². The van der Waals surface area contributed by atoms with Crippen LogP contribution in [0.3, 0.4) is 0 Å². The standard InChI is InChI=1S/C15H21NO3/c1-2-7-16(8-9-17)12-13-5-3-6-14-15(13)19-11-4-10-18-14/h2-3,5-6,17H,1,4,7-12H2. The number of nitrogens with zero attached hydrogens (tertiary/aromatic N) is 1. The van der Waals surface area contributed by atoms with Gasteiger partial charge in [0.15, 0.2) is 11.5 Å². The quantitative estimate of drug-likeness (QED) is 0.795. The Kier molecular flexibility index (Phi) is 5.24. The molecule has 1 heterocycles. The van der Waals surface area contributed by atoms with Crippen molar-refractivity contribution >= 4 is 0 Å². The molecule has 0 atom stereocenters. The Labute approximate surface area is 114 Å². The van der Waals surface area contributed by atoms with Gasteiger partial charge in [-0.3, -0.25) is 4.90 Å². The molecule has 1 aliphatic rings. The van der Waals surface area contributed by atoms with Gasteiger partial charge in [-0.2, -0.15) is 0 Å². The van der Waals surface area contributed by atoms with Gasteiger partial charge in [-0.1, -0.05) is 18.2 Å². The molecule has 0 unspecified atom stereocenters. The zero-order chi connectivity index (χ0) is 13.5. The van der Waals surface area contributed by atoms with Crippen LogP contribution in [0.25, 0.3) is 0 Å². The average molecular weight is 263 g/mol. The van der Waals surface area contributed by atoms with E-state index in [4.69, 9.17) is 14.6 Å². The SMILES string of the molecule is C=CCN(CCO)Cc1cccc2c1OCCCO2. The molecule has 0 amide bonds. The van der Waals surface area contributed by atoms with Crippen molar-refractivity contribution in [1.29, 1.82) is 0 Å². The Morgan fingerprint density at radius 3 is 2.95 bits per heavy atom. The summed E-state index contributed by atoms with van der Waals surface area (Å²) in [5, 5.41) is 9.09. The Hall–Kier alpha value is -1.52. The first-order valence-electron chi connectivity index (χ1n) is 6.66. The number of fused-ring (bicyclic) bond motifs is 1. The number of aliphatic hydroxyl groups excluding tert-OH is 1. The lowest BCUT2D eigenvalue weighted by atomic mass is 10.1. The lowest BCUT2D eigenvalue weighted by Crippen LogP contribution is -2.26. The van der Waals surface area contributed by atoms with Crippen LogP contribution in [0.2, 0.25) is 0 Å². The van der Waals surface area contributed by atoms with Gasteiger partial charge in [0.1, 0.15) is 0 Å². The van der Waals surface area contributed by atoms with Crippen LogP contribution >= 0.6 is 0 Å². The zero-order valence-electron chi connectivity index (χ0n) is 11.2. The summed E-state index contributed by atoms with van der Waals surface area (Å²) in [7, 11) is 0. The number of para-hydroxylation sites is 1. The van der Waals surface area contributed by atoms with Crippen LogP contribution < -0.4 is 9.47 Å². The second-order valence-electron chi connectivity index (χ2n) is 4.54. The minimum Gasteiger partial charge on any atom is -0.490 e. The first kappa shape index (κ1) is 13.9. The van der Waals surface area contributed by atoms with Crippen LogP contribution in [0.5, 0.6) is 11.5 Å². The largest absolute Gasteiger partial charge is 0.490 e. The minimum atomic E-state index is 0.139. The molecule has 1 aliphatic heterocycles. The van der Waals surface area contributed by atoms with E-state index in [0.717, 1.165) is 36.6 Å². The van der Waals surface area contributed by atoms with Gasteiger partial charge in [-0.15, -0.1) is 6.58 Å². The molecule has 0 aliphatic carbocycles. The Morgan fingerprint density at radius 2 is 2.16 bits per heavy atom. The molecule has 104 valence electrons. The van der Waals surface area contributed by atoms with E-state index in [0.29, 0.717) is 19.8 Å². The molecule has 0 fully saturated rings. The second kappa shape index (κ2) is 7.16. The Bertz CT molecular complexity index is 420. The highest BCUT2D eigenvalue weighted by molar-refractivity contribution is 5.47. The van der Waals surface area contributed by atoms with Crippen molar-refractivity contribution in [2.75, 3.05) is 32.9 Å². The molecule has 0 aromatic heterocycles. The predicted molar refractivity (Wildman–Crippen MR) is 74.6 cm³/mol. The van der Waals surface area contributed by atoms with Crippen molar-refractivity contribution in [3.63, 3.8) is 0 Å². The maximum absolute atomic E-state index is 9.09. The van der Waals surface area contributed by atoms with E-state index in [1.807, 2.05) is 24.3 Å². The molecule has 0 saturated carbocycles. The second-order valence-corrected chi connectivity index (χ2v) is 4.54. The summed E-state index contributed by atoms with van der Waals surface area (Å²) in [6, 6.07) is 5.96. The summed E-state index contributed by atoms with van der Waals surface area (Å²) in [4.78, 5) is 2.12. The van der Waals surface area contributed by atoms with Gasteiger partial charge < -0.3 is 14.6 Å². The van der Waals surface area contributed by atoms with Crippen LogP contribution in [-0.2, 0) is 6.54 Å². The fraction of sp³-hybridized carbons (Fsp3) is 0.467. The topological polar surface area (TPSA) is 41.9 Å². The van der Waals surface area contributed by atoms with E-state index >= 15 is 0 Å². The minimum absolute atomic E-state index is 0.139. The van der Waals surface area contributed by atoms with E-state index < -0.39 is 0 Å². The first-order chi connectivity index (χ1) is 9.35. The normalized spacial score (nSPS) is 14.2. The third kappa shape index (κ3) is 3.72. The van der Waals surface area contributed by atoms with Gasteiger partial charge in [0.2, 0.25) is 0 Å². The van der Waals surface area contributed by atoms with Crippen LogP contribution in [0.4, 0.5) is 0 Å². The predicted octanol–water partition coefficient (Wildman–Crippen LogP) is 1.83. The molecule has 0 saturated heterocycles. The van der Waals surface area contributed by atoms with Crippen molar-refractivity contribution in [2.24, 2.45) is 0 Å². The molecule has 1 aromatic carbocycles. The fourth-order valence-electron chi connectivity index (χ4n) is 2.18. The smallest absolute Gasteiger partial charge is 0.165 e. The van der Waals surface area contributed by atoms with E-state index in [1.54, 1.807) is 0 Å². The lowest BCUT2D eigenvalue weighted by Gasteiger charge is -2.21. The van der Waals surface area contributed by atoms with E-state index in [9.17, 15) is 0 Å². The third-order valence-corrected chi connectivity index (χ3v) is 3.05. The summed E-state index contributed by atoms with van der Waals surface area (Å²) in [5.74, 6) is 1.66. The third-order valence-electron chi connectivity index (χ3n) is 3.05. The fourth-order valence-corrected chi connectivity index (χ4v) is 2.18. The lowest BCUT2D eigenvalue weighted by molar-refractivity contribution is 0.201. The van der Waals surface area contributed by atoms with Crippen molar-refractivity contribution < 1.29 is 14.6 Å². The van der Waals surface area contributed by atoms with Gasteiger partial charge in [0.05, 0.1) is 19.8 Å². The highest BCUT2D eigenvalue weighted by atomic mass is 16.5. The van der Waals surface area contributed by atoms with E-state index in [1.165, 1.54) is 0 Å². The maximum atomic E-state index is 9.09. The number of hydrogen-bond donors (Lipinski definition) is 1. The number of benzene rings is 1. The van der Waals surface area contributed by atoms with Gasteiger partial charge in [-0.25, -0.2) is 0 Å². The summed E-state index contributed by atoms with van der Waals surface area (Å²) in [6.07, 6.45) is 2.75. The van der Waals surface area contributed by atoms with Crippen molar-refractivity contribution in [2.45, 2.75) is 13.0 Å². The molecule has 0 bridgehead atoms. The summed E-state index contributed by atoms with van der Waals surface area (Å²) in [6.45, 7) is 7.35. The monoisotopic (exact) mass is 263 g/mol. The van der Waals surface area contributed by atoms with Crippen molar-refractivity contribution in [1.82, 2.24) is 4.90 Å². The molecule has 2 rings (SSSR count). The Morgan fingerprint density at radius 1 is 1.32 bits per heavy atom.